The minimum absolute atomic E-state index is 0.145. The summed E-state index contributed by atoms with van der Waals surface area (Å²) in [6.07, 6.45) is 1.28. The normalized spacial score (nSPS) is 9.70. The zero-order valence-corrected chi connectivity index (χ0v) is 5.50. The molecule has 1 N–H and O–H groups in total. The van der Waals surface area contributed by atoms with Crippen molar-refractivity contribution in [2.75, 3.05) is 0 Å². The van der Waals surface area contributed by atoms with Gasteiger partial charge in [0.25, 0.3) is 0 Å². The standard InChI is InChI=1S/C6H7NO3/c1-4-3-10-5(7-4)2-6(8)9/h3H,2H2,1H3,(H,8,9). The predicted octanol–water partition coefficient (Wildman–Crippen LogP) is 0.610. The zero-order chi connectivity index (χ0) is 7.56. The van der Waals surface area contributed by atoms with Crippen molar-refractivity contribution in [3.8, 4) is 0 Å². The lowest BCUT2D eigenvalue weighted by Crippen LogP contribution is -1.99. The van der Waals surface area contributed by atoms with Gasteiger partial charge < -0.3 is 9.52 Å². The van der Waals surface area contributed by atoms with E-state index < -0.39 is 5.97 Å². The Kier molecular flexibility index (Phi) is 1.71. The van der Waals surface area contributed by atoms with Crippen LogP contribution in [0, 0.1) is 6.92 Å². The average Bonchev–Trinajstić information content (AvgIpc) is 2.13. The van der Waals surface area contributed by atoms with Gasteiger partial charge in [-0.1, -0.05) is 0 Å². The molecule has 10 heavy (non-hydrogen) atoms. The highest BCUT2D eigenvalue weighted by Crippen LogP contribution is 2.00. The van der Waals surface area contributed by atoms with Gasteiger partial charge in [0, 0.05) is 0 Å². The van der Waals surface area contributed by atoms with Crippen molar-refractivity contribution in [3.05, 3.63) is 17.8 Å². The van der Waals surface area contributed by atoms with E-state index in [1.165, 1.54) is 6.26 Å². The number of carboxylic acid groups (broad SMARTS) is 1. The molecule has 1 aromatic rings. The lowest BCUT2D eigenvalue weighted by molar-refractivity contribution is -0.136. The quantitative estimate of drug-likeness (QED) is 0.655. The molecule has 0 fully saturated rings. The summed E-state index contributed by atoms with van der Waals surface area (Å²) in [4.78, 5) is 13.9. The number of aliphatic carboxylic acids is 1. The molecule has 0 aromatic carbocycles. The number of oxazole rings is 1. The highest BCUT2D eigenvalue weighted by molar-refractivity contribution is 5.68. The molecule has 4 nitrogen and oxygen atoms in total. The van der Waals surface area contributed by atoms with E-state index in [0.29, 0.717) is 5.69 Å². The minimum Gasteiger partial charge on any atom is -0.481 e. The van der Waals surface area contributed by atoms with Crippen LogP contribution in [0.5, 0.6) is 0 Å². The maximum atomic E-state index is 10.1. The van der Waals surface area contributed by atoms with Crippen molar-refractivity contribution in [1.29, 1.82) is 0 Å². The molecule has 1 rings (SSSR count). The number of rotatable bonds is 2. The smallest absolute Gasteiger partial charge is 0.312 e. The highest BCUT2D eigenvalue weighted by atomic mass is 16.4. The first-order valence-corrected chi connectivity index (χ1v) is 2.81. The summed E-state index contributed by atoms with van der Waals surface area (Å²) in [5.41, 5.74) is 0.705. The Bertz CT molecular complexity index is 241. The third kappa shape index (κ3) is 1.58. The van der Waals surface area contributed by atoms with Gasteiger partial charge in [0.15, 0.2) is 0 Å². The molecule has 0 aliphatic carbocycles. The van der Waals surface area contributed by atoms with E-state index in [1.807, 2.05) is 0 Å². The number of carbonyl (C=O) groups is 1. The Hall–Kier alpha value is -1.32. The number of carboxylic acids is 1. The van der Waals surface area contributed by atoms with Crippen LogP contribution in [0.1, 0.15) is 11.6 Å². The molecule has 4 heteroatoms. The maximum absolute atomic E-state index is 10.1. The third-order valence-electron chi connectivity index (χ3n) is 0.969. The maximum Gasteiger partial charge on any atom is 0.312 e. The van der Waals surface area contributed by atoms with E-state index in [-0.39, 0.29) is 12.3 Å². The molecular weight excluding hydrogens is 134 g/mol. The predicted molar refractivity (Wildman–Crippen MR) is 32.6 cm³/mol. The summed E-state index contributed by atoms with van der Waals surface area (Å²) in [5.74, 6) is -0.674. The molecule has 0 saturated carbocycles. The topological polar surface area (TPSA) is 63.3 Å². The van der Waals surface area contributed by atoms with Gasteiger partial charge in [-0.25, -0.2) is 4.98 Å². The Labute approximate surface area is 57.5 Å². The summed E-state index contributed by atoms with van der Waals surface area (Å²) in [6, 6.07) is 0. The summed E-state index contributed by atoms with van der Waals surface area (Å²) >= 11 is 0. The number of nitrogens with zero attached hydrogens (tertiary/aromatic N) is 1. The Morgan fingerprint density at radius 2 is 2.60 bits per heavy atom. The largest absolute Gasteiger partial charge is 0.481 e. The molecule has 1 heterocycles. The van der Waals surface area contributed by atoms with Gasteiger partial charge >= 0.3 is 5.97 Å². The van der Waals surface area contributed by atoms with Crippen molar-refractivity contribution in [2.24, 2.45) is 0 Å². The second-order valence-corrected chi connectivity index (χ2v) is 1.95. The Morgan fingerprint density at radius 3 is 3.00 bits per heavy atom. The fourth-order valence-electron chi connectivity index (χ4n) is 0.613. The van der Waals surface area contributed by atoms with Crippen LogP contribution in [0.3, 0.4) is 0 Å². The second kappa shape index (κ2) is 2.51. The van der Waals surface area contributed by atoms with Crippen LogP contribution >= 0.6 is 0 Å². The number of hydrogen-bond acceptors (Lipinski definition) is 3. The van der Waals surface area contributed by atoms with Crippen LogP contribution in [-0.4, -0.2) is 16.1 Å². The van der Waals surface area contributed by atoms with Crippen molar-refractivity contribution in [3.63, 3.8) is 0 Å². The summed E-state index contributed by atoms with van der Waals surface area (Å²) < 4.78 is 4.78. The van der Waals surface area contributed by atoms with Crippen LogP contribution in [0.15, 0.2) is 10.7 Å². The van der Waals surface area contributed by atoms with Crippen LogP contribution in [0.4, 0.5) is 0 Å². The van der Waals surface area contributed by atoms with Gasteiger partial charge in [-0.05, 0) is 6.92 Å². The van der Waals surface area contributed by atoms with Crippen molar-refractivity contribution in [2.45, 2.75) is 13.3 Å². The first-order chi connectivity index (χ1) is 4.68. The van der Waals surface area contributed by atoms with E-state index in [2.05, 4.69) is 4.98 Å². The van der Waals surface area contributed by atoms with E-state index in [1.54, 1.807) is 6.92 Å². The molecule has 0 atom stereocenters. The van der Waals surface area contributed by atoms with Crippen LogP contribution < -0.4 is 0 Å². The van der Waals surface area contributed by atoms with Crippen molar-refractivity contribution >= 4 is 5.97 Å². The lowest BCUT2D eigenvalue weighted by atomic mass is 10.4. The van der Waals surface area contributed by atoms with E-state index in [0.717, 1.165) is 0 Å². The van der Waals surface area contributed by atoms with Crippen molar-refractivity contribution < 1.29 is 14.3 Å². The molecule has 0 aliphatic rings. The molecule has 1 aromatic heterocycles. The molecule has 0 saturated heterocycles. The Morgan fingerprint density at radius 1 is 1.90 bits per heavy atom. The molecule has 0 radical (unpaired) electrons. The molecule has 0 bridgehead atoms. The van der Waals surface area contributed by atoms with E-state index in [4.69, 9.17) is 9.52 Å². The fraction of sp³-hybridized carbons (Fsp3) is 0.333. The monoisotopic (exact) mass is 141 g/mol. The molecule has 54 valence electrons. The summed E-state index contributed by atoms with van der Waals surface area (Å²) in [7, 11) is 0. The molecule has 0 amide bonds. The van der Waals surface area contributed by atoms with Gasteiger partial charge in [-0.15, -0.1) is 0 Å². The number of hydrogen-bond donors (Lipinski definition) is 1. The summed E-state index contributed by atoms with van der Waals surface area (Å²) in [6.45, 7) is 1.74. The number of aromatic nitrogens is 1. The zero-order valence-electron chi connectivity index (χ0n) is 5.50. The molecule has 0 spiro atoms. The van der Waals surface area contributed by atoms with E-state index >= 15 is 0 Å². The first kappa shape index (κ1) is 6.80. The first-order valence-electron chi connectivity index (χ1n) is 2.81. The number of aryl methyl sites for hydroxylation is 1. The lowest BCUT2D eigenvalue weighted by Gasteiger charge is -1.84. The van der Waals surface area contributed by atoms with Gasteiger partial charge in [-0.3, -0.25) is 4.79 Å². The molecule has 0 aliphatic heterocycles. The van der Waals surface area contributed by atoms with Crippen LogP contribution in [-0.2, 0) is 11.2 Å². The molecular formula is C6H7NO3. The van der Waals surface area contributed by atoms with E-state index in [9.17, 15) is 4.79 Å². The Balaban J connectivity index is 2.67. The van der Waals surface area contributed by atoms with Gasteiger partial charge in [-0.2, -0.15) is 0 Å². The summed E-state index contributed by atoms with van der Waals surface area (Å²) in [5, 5.41) is 8.28. The fourth-order valence-corrected chi connectivity index (χ4v) is 0.613. The van der Waals surface area contributed by atoms with Crippen LogP contribution in [0.25, 0.3) is 0 Å². The highest BCUT2D eigenvalue weighted by Gasteiger charge is 2.04. The van der Waals surface area contributed by atoms with Gasteiger partial charge in [0.1, 0.15) is 12.7 Å². The minimum atomic E-state index is -0.929. The second-order valence-electron chi connectivity index (χ2n) is 1.95. The third-order valence-corrected chi connectivity index (χ3v) is 0.969. The van der Waals surface area contributed by atoms with Gasteiger partial charge in [0.2, 0.25) is 5.89 Å². The van der Waals surface area contributed by atoms with Gasteiger partial charge in [0.05, 0.1) is 5.69 Å². The molecule has 0 unspecified atom stereocenters. The average molecular weight is 141 g/mol. The van der Waals surface area contributed by atoms with Crippen LogP contribution in [0.2, 0.25) is 0 Å². The SMILES string of the molecule is Cc1coc(CC(=O)O)n1. The van der Waals surface area contributed by atoms with Crippen molar-refractivity contribution in [1.82, 2.24) is 4.98 Å².